The Morgan fingerprint density at radius 2 is 2.00 bits per heavy atom. The number of rotatable bonds is 5. The molecule has 3 aromatic rings. The number of hydrogen-bond donors (Lipinski definition) is 2. The van der Waals surface area contributed by atoms with Crippen LogP contribution in [0, 0.1) is 5.92 Å². The second-order valence-corrected chi connectivity index (χ2v) is 7.93. The van der Waals surface area contributed by atoms with Crippen LogP contribution in [-0.4, -0.2) is 54.5 Å². The number of fused-ring (bicyclic) bond motifs is 1. The predicted molar refractivity (Wildman–Crippen MR) is 124 cm³/mol. The molecule has 3 N–H and O–H groups in total. The third-order valence-corrected chi connectivity index (χ3v) is 5.43. The van der Waals surface area contributed by atoms with Gasteiger partial charge in [-0.3, -0.25) is 9.59 Å². The summed E-state index contributed by atoms with van der Waals surface area (Å²) in [6, 6.07) is 12.4. The van der Waals surface area contributed by atoms with Crippen molar-refractivity contribution in [3.05, 3.63) is 59.8 Å². The van der Waals surface area contributed by atoms with Gasteiger partial charge in [0.1, 0.15) is 18.1 Å². The lowest BCUT2D eigenvalue weighted by atomic mass is 9.95. The van der Waals surface area contributed by atoms with Crippen LogP contribution in [0.15, 0.2) is 48.7 Å². The second-order valence-electron chi connectivity index (χ2n) is 7.93. The third kappa shape index (κ3) is 4.72. The molecule has 2 amide bonds. The molecule has 4 rings (SSSR count). The van der Waals surface area contributed by atoms with Gasteiger partial charge in [0, 0.05) is 25.9 Å². The van der Waals surface area contributed by atoms with Crippen LogP contribution in [0.25, 0.3) is 11.3 Å². The predicted octanol–water partition coefficient (Wildman–Crippen LogP) is 2.63. The van der Waals surface area contributed by atoms with Gasteiger partial charge in [-0.2, -0.15) is 0 Å². The third-order valence-electron chi connectivity index (χ3n) is 5.43. The molecule has 0 radical (unpaired) electrons. The molecule has 1 aliphatic heterocycles. The van der Waals surface area contributed by atoms with Gasteiger partial charge in [-0.15, -0.1) is 0 Å². The minimum absolute atomic E-state index is 0.138. The van der Waals surface area contributed by atoms with Crippen LogP contribution in [0.5, 0.6) is 11.5 Å². The van der Waals surface area contributed by atoms with Gasteiger partial charge in [0.05, 0.1) is 30.0 Å². The lowest BCUT2D eigenvalue weighted by Crippen LogP contribution is -2.33. The number of nitrogens with two attached hydrogens (primary N) is 1. The van der Waals surface area contributed by atoms with Crippen molar-refractivity contribution in [1.29, 1.82) is 0 Å². The zero-order chi connectivity index (χ0) is 23.5. The van der Waals surface area contributed by atoms with Crippen LogP contribution in [0.4, 0.5) is 11.6 Å². The highest BCUT2D eigenvalue weighted by molar-refractivity contribution is 6.05. The molecule has 1 aliphatic rings. The Morgan fingerprint density at radius 1 is 1.18 bits per heavy atom. The minimum Gasteiger partial charge on any atom is -0.497 e. The monoisotopic (exact) mass is 447 g/mol. The highest BCUT2D eigenvalue weighted by atomic mass is 16.5. The Bertz CT molecular complexity index is 1210. The molecule has 0 saturated heterocycles. The van der Waals surface area contributed by atoms with E-state index in [1.807, 2.05) is 18.2 Å². The average Bonchev–Trinajstić information content (AvgIpc) is 2.83. The first-order valence-electron chi connectivity index (χ1n) is 10.4. The summed E-state index contributed by atoms with van der Waals surface area (Å²) in [6.45, 7) is 0.250. The Balaban J connectivity index is 1.60. The number of carbonyl (C=O) groups is 2. The standard InChI is InChI=1S/C24H25N5O4/c1-29(2)23(31)18-12-14(19-8-9-26-24(25)28-19)4-6-20(18)27-22(30)16-10-15-11-17(32-3)5-7-21(15)33-13-16/h4-9,11-12,16H,10,13H2,1-3H3,(H,27,30)(H2,25,26,28)/t16-/m0/s1. The maximum Gasteiger partial charge on any atom is 0.255 e. The average molecular weight is 447 g/mol. The molecule has 0 unspecified atom stereocenters. The van der Waals surface area contributed by atoms with E-state index in [1.165, 1.54) is 4.90 Å². The second kappa shape index (κ2) is 9.15. The van der Waals surface area contributed by atoms with Gasteiger partial charge < -0.3 is 25.4 Å². The first kappa shape index (κ1) is 22.1. The van der Waals surface area contributed by atoms with Gasteiger partial charge in [-0.05, 0) is 48.4 Å². The van der Waals surface area contributed by atoms with Gasteiger partial charge >= 0.3 is 0 Å². The molecule has 2 heterocycles. The highest BCUT2D eigenvalue weighted by Crippen LogP contribution is 2.32. The molecule has 9 heteroatoms. The number of nitrogen functional groups attached to an aromatic ring is 1. The number of carbonyl (C=O) groups excluding carboxylic acids is 2. The SMILES string of the molecule is COc1ccc2c(c1)C[C@H](C(=O)Nc1ccc(-c3ccnc(N)n3)cc1C(=O)N(C)C)CO2. The molecule has 0 saturated carbocycles. The molecule has 0 fully saturated rings. The van der Waals surface area contributed by atoms with E-state index >= 15 is 0 Å². The molecular formula is C24H25N5O4. The maximum atomic E-state index is 13.1. The van der Waals surface area contributed by atoms with Crippen LogP contribution < -0.4 is 20.5 Å². The van der Waals surface area contributed by atoms with E-state index in [2.05, 4.69) is 15.3 Å². The fourth-order valence-corrected chi connectivity index (χ4v) is 3.67. The van der Waals surface area contributed by atoms with Crippen LogP contribution in [-0.2, 0) is 11.2 Å². The zero-order valence-electron chi connectivity index (χ0n) is 18.7. The number of methoxy groups -OCH3 is 1. The lowest BCUT2D eigenvalue weighted by molar-refractivity contribution is -0.121. The van der Waals surface area contributed by atoms with E-state index in [0.717, 1.165) is 11.3 Å². The van der Waals surface area contributed by atoms with E-state index in [0.29, 0.717) is 34.7 Å². The van der Waals surface area contributed by atoms with Gasteiger partial charge in [0.2, 0.25) is 11.9 Å². The summed E-state index contributed by atoms with van der Waals surface area (Å²) in [4.78, 5) is 35.5. The zero-order valence-corrected chi connectivity index (χ0v) is 18.7. The van der Waals surface area contributed by atoms with Crippen molar-refractivity contribution in [2.75, 3.05) is 38.9 Å². The number of aromatic nitrogens is 2. The molecule has 33 heavy (non-hydrogen) atoms. The summed E-state index contributed by atoms with van der Waals surface area (Å²) in [5.41, 5.74) is 8.64. The Hall–Kier alpha value is -4.14. The number of hydrogen-bond acceptors (Lipinski definition) is 7. The molecule has 1 aromatic heterocycles. The van der Waals surface area contributed by atoms with Crippen LogP contribution >= 0.6 is 0 Å². The van der Waals surface area contributed by atoms with Crippen LogP contribution in [0.3, 0.4) is 0 Å². The molecule has 170 valence electrons. The molecular weight excluding hydrogens is 422 g/mol. The van der Waals surface area contributed by atoms with Gasteiger partial charge in [-0.1, -0.05) is 6.07 Å². The van der Waals surface area contributed by atoms with E-state index < -0.39 is 5.92 Å². The summed E-state index contributed by atoms with van der Waals surface area (Å²) >= 11 is 0. The van der Waals surface area contributed by atoms with Crippen molar-refractivity contribution in [3.63, 3.8) is 0 Å². The van der Waals surface area contributed by atoms with Crippen molar-refractivity contribution >= 4 is 23.5 Å². The van der Waals surface area contributed by atoms with Crippen molar-refractivity contribution in [2.24, 2.45) is 5.92 Å². The number of anilines is 2. The molecule has 9 nitrogen and oxygen atoms in total. The number of ether oxygens (including phenoxy) is 2. The van der Waals surface area contributed by atoms with Gasteiger partial charge in [-0.25, -0.2) is 9.97 Å². The van der Waals surface area contributed by atoms with E-state index in [1.54, 1.807) is 51.7 Å². The van der Waals surface area contributed by atoms with Gasteiger partial charge in [0.25, 0.3) is 5.91 Å². The summed E-state index contributed by atoms with van der Waals surface area (Å²) < 4.78 is 11.1. The van der Waals surface area contributed by atoms with E-state index in [-0.39, 0.29) is 24.4 Å². The smallest absolute Gasteiger partial charge is 0.255 e. The first-order chi connectivity index (χ1) is 15.9. The maximum absolute atomic E-state index is 13.1. The number of amides is 2. The summed E-state index contributed by atoms with van der Waals surface area (Å²) in [5.74, 6) is 0.710. The number of nitrogens with zero attached hydrogens (tertiary/aromatic N) is 3. The largest absolute Gasteiger partial charge is 0.497 e. The number of nitrogens with one attached hydrogen (secondary N) is 1. The van der Waals surface area contributed by atoms with Crippen molar-refractivity contribution < 1.29 is 19.1 Å². The van der Waals surface area contributed by atoms with Crippen LogP contribution in [0.2, 0.25) is 0 Å². The first-order valence-corrected chi connectivity index (χ1v) is 10.4. The Morgan fingerprint density at radius 3 is 2.73 bits per heavy atom. The fraction of sp³-hybridized carbons (Fsp3) is 0.250. The number of benzene rings is 2. The topological polar surface area (TPSA) is 120 Å². The molecule has 1 atom stereocenters. The van der Waals surface area contributed by atoms with E-state index in [4.69, 9.17) is 15.2 Å². The highest BCUT2D eigenvalue weighted by Gasteiger charge is 2.28. The molecule has 0 spiro atoms. The van der Waals surface area contributed by atoms with Crippen molar-refractivity contribution in [2.45, 2.75) is 6.42 Å². The molecule has 2 aromatic carbocycles. The quantitative estimate of drug-likeness (QED) is 0.617. The Kier molecular flexibility index (Phi) is 6.12. The lowest BCUT2D eigenvalue weighted by Gasteiger charge is -2.25. The van der Waals surface area contributed by atoms with Gasteiger partial charge in [0.15, 0.2) is 0 Å². The van der Waals surface area contributed by atoms with Crippen LogP contribution in [0.1, 0.15) is 15.9 Å². The minimum atomic E-state index is -0.409. The van der Waals surface area contributed by atoms with Crippen molar-refractivity contribution in [3.8, 4) is 22.8 Å². The summed E-state index contributed by atoms with van der Waals surface area (Å²) in [7, 11) is 4.91. The fourth-order valence-electron chi connectivity index (χ4n) is 3.67. The van der Waals surface area contributed by atoms with E-state index in [9.17, 15) is 9.59 Å². The van der Waals surface area contributed by atoms with Crippen molar-refractivity contribution in [1.82, 2.24) is 14.9 Å². The summed E-state index contributed by atoms with van der Waals surface area (Å²) in [5, 5.41) is 2.91. The normalized spacial score (nSPS) is 14.6. The summed E-state index contributed by atoms with van der Waals surface area (Å²) in [6.07, 6.45) is 2.06. The Labute approximate surface area is 191 Å². The molecule has 0 aliphatic carbocycles. The molecule has 0 bridgehead atoms.